The molecule has 0 aliphatic rings. The zero-order valence-electron chi connectivity index (χ0n) is 18.4. The fourth-order valence-corrected chi connectivity index (χ4v) is 7.81. The van der Waals surface area contributed by atoms with Crippen molar-refractivity contribution in [3.8, 4) is 0 Å². The molecule has 0 aliphatic heterocycles. The number of hydrogen-bond acceptors (Lipinski definition) is 3. The molecule has 0 unspecified atom stereocenters. The molecule has 3 rings (SSSR count). The summed E-state index contributed by atoms with van der Waals surface area (Å²) >= 11 is 6.09. The van der Waals surface area contributed by atoms with Gasteiger partial charge in [0.15, 0.2) is 0 Å². The second kappa shape index (κ2) is 8.41. The van der Waals surface area contributed by atoms with E-state index in [0.717, 1.165) is 33.4 Å². The fourth-order valence-electron chi connectivity index (χ4n) is 4.31. The van der Waals surface area contributed by atoms with Crippen molar-refractivity contribution in [2.45, 2.75) is 41.5 Å². The number of carbonyl (C=O) groups excluding carboxylic acids is 2. The van der Waals surface area contributed by atoms with Gasteiger partial charge in [-0.3, -0.25) is 9.59 Å². The summed E-state index contributed by atoms with van der Waals surface area (Å²) in [5, 5.41) is 0.647. The first kappa shape index (κ1) is 22.3. The summed E-state index contributed by atoms with van der Waals surface area (Å²) in [7, 11) is 0. The van der Waals surface area contributed by atoms with Crippen LogP contribution in [0.4, 0.5) is 0 Å². The van der Waals surface area contributed by atoms with Gasteiger partial charge in [-0.05, 0) is 69.1 Å². The second-order valence-corrected chi connectivity index (χ2v) is 12.3. The van der Waals surface area contributed by atoms with Crippen LogP contribution < -0.4 is 5.30 Å². The molecule has 0 aliphatic carbocycles. The summed E-state index contributed by atoms with van der Waals surface area (Å²) in [6.07, 6.45) is 0. The predicted molar refractivity (Wildman–Crippen MR) is 130 cm³/mol. The molecule has 0 bridgehead atoms. The fraction of sp³-hybridized carbons (Fsp3) is 0.231. The Bertz CT molecular complexity index is 1090. The Morgan fingerprint density at radius 2 is 0.967 bits per heavy atom. The number of carbonyl (C=O) groups is 2. The Labute approximate surface area is 184 Å². The molecule has 0 atom stereocenters. The molecule has 0 radical (unpaired) electrons. The Kier molecular flexibility index (Phi) is 6.26. The van der Waals surface area contributed by atoms with Crippen LogP contribution in [0.2, 0.25) is 0 Å². The summed E-state index contributed by atoms with van der Waals surface area (Å²) in [6.45, 7) is 11.7. The van der Waals surface area contributed by atoms with Crippen LogP contribution >= 0.6 is 6.04 Å². The Hall–Kier alpha value is -2.35. The topological polar surface area (TPSA) is 34.1 Å². The van der Waals surface area contributed by atoms with Crippen molar-refractivity contribution in [2.24, 2.45) is 0 Å². The summed E-state index contributed by atoms with van der Waals surface area (Å²) in [4.78, 5) is 28.1. The van der Waals surface area contributed by atoms with E-state index in [4.69, 9.17) is 11.8 Å². The van der Waals surface area contributed by atoms with Gasteiger partial charge in [0, 0.05) is 11.1 Å². The maximum absolute atomic E-state index is 14.0. The maximum Gasteiger partial charge on any atom is 0.206 e. The molecule has 154 valence electrons. The molecule has 3 aromatic carbocycles. The van der Waals surface area contributed by atoms with Gasteiger partial charge in [0.1, 0.15) is 6.04 Å². The van der Waals surface area contributed by atoms with Gasteiger partial charge in [-0.2, -0.15) is 0 Å². The van der Waals surface area contributed by atoms with Gasteiger partial charge in [0.2, 0.25) is 11.0 Å². The van der Waals surface area contributed by atoms with Gasteiger partial charge in [-0.15, -0.1) is 0 Å². The van der Waals surface area contributed by atoms with Crippen LogP contribution in [0, 0.1) is 41.5 Å². The number of hydrogen-bond donors (Lipinski definition) is 0. The van der Waals surface area contributed by atoms with E-state index in [2.05, 4.69) is 0 Å². The molecule has 0 amide bonds. The third-order valence-corrected chi connectivity index (χ3v) is 9.72. The van der Waals surface area contributed by atoms with Gasteiger partial charge in [-0.1, -0.05) is 77.5 Å². The average Bonchev–Trinajstić information content (AvgIpc) is 2.66. The lowest BCUT2D eigenvalue weighted by Crippen LogP contribution is -2.22. The molecule has 0 saturated heterocycles. The third-order valence-electron chi connectivity index (χ3n) is 5.47. The highest BCUT2D eigenvalue weighted by molar-refractivity contribution is 8.34. The predicted octanol–water partition coefficient (Wildman–Crippen LogP) is 6.32. The van der Waals surface area contributed by atoms with Crippen molar-refractivity contribution in [3.63, 3.8) is 0 Å². The molecule has 0 aromatic heterocycles. The zero-order chi connectivity index (χ0) is 22.2. The van der Waals surface area contributed by atoms with Gasteiger partial charge >= 0.3 is 0 Å². The minimum atomic E-state index is -3.28. The van der Waals surface area contributed by atoms with E-state index in [1.165, 1.54) is 0 Å². The van der Waals surface area contributed by atoms with Crippen LogP contribution in [0.5, 0.6) is 0 Å². The first-order chi connectivity index (χ1) is 14.1. The minimum absolute atomic E-state index is 0.219. The van der Waals surface area contributed by atoms with Gasteiger partial charge in [0.25, 0.3) is 0 Å². The summed E-state index contributed by atoms with van der Waals surface area (Å²) in [6, 6.07) is 13.9. The van der Waals surface area contributed by atoms with Gasteiger partial charge < -0.3 is 0 Å². The highest BCUT2D eigenvalue weighted by Crippen LogP contribution is 2.53. The summed E-state index contributed by atoms with van der Waals surface area (Å²) in [5.74, 6) is 0. The van der Waals surface area contributed by atoms with E-state index in [1.54, 1.807) is 0 Å². The summed E-state index contributed by atoms with van der Waals surface area (Å²) < 4.78 is 0. The minimum Gasteiger partial charge on any atom is -0.287 e. The van der Waals surface area contributed by atoms with Gasteiger partial charge in [-0.25, -0.2) is 0 Å². The molecule has 0 fully saturated rings. The van der Waals surface area contributed by atoms with Gasteiger partial charge in [0.05, 0.1) is 0 Å². The van der Waals surface area contributed by atoms with E-state index in [9.17, 15) is 9.59 Å². The van der Waals surface area contributed by atoms with Crippen LogP contribution in [0.3, 0.4) is 0 Å². The molecule has 0 N–H and O–H groups in total. The Balaban J connectivity index is 2.31. The van der Waals surface area contributed by atoms with E-state index < -0.39 is 6.04 Å². The van der Waals surface area contributed by atoms with Crippen LogP contribution in [0.1, 0.15) is 54.1 Å². The van der Waals surface area contributed by atoms with Crippen molar-refractivity contribution < 1.29 is 9.59 Å². The van der Waals surface area contributed by atoms with E-state index in [-0.39, 0.29) is 11.0 Å². The lowest BCUT2D eigenvalue weighted by molar-refractivity contribution is 0.105. The number of benzene rings is 3. The van der Waals surface area contributed by atoms with Crippen molar-refractivity contribution in [3.05, 3.63) is 99.1 Å². The second-order valence-electron chi connectivity index (χ2n) is 8.10. The van der Waals surface area contributed by atoms with Crippen LogP contribution in [-0.2, 0) is 11.8 Å². The van der Waals surface area contributed by atoms with Crippen molar-refractivity contribution >= 4 is 34.2 Å². The Morgan fingerprint density at radius 1 is 0.633 bits per heavy atom. The molecule has 30 heavy (non-hydrogen) atoms. The standard InChI is InChI=1S/C26H27O2PS/c1-16-12-18(3)23(19(4)13-16)25(27)29(30,22-10-8-7-9-11-22)26(28)24-20(5)14-17(2)15-21(24)6/h7-15H,1-6H3. The molecular weight excluding hydrogens is 407 g/mol. The largest absolute Gasteiger partial charge is 0.287 e. The van der Waals surface area contributed by atoms with Crippen LogP contribution in [-0.4, -0.2) is 11.0 Å². The van der Waals surface area contributed by atoms with Crippen molar-refractivity contribution in [2.75, 3.05) is 0 Å². The SMILES string of the molecule is Cc1cc(C)c(C(=O)P(=S)(C(=O)c2c(C)cc(C)cc2C)c2ccccc2)c(C)c1. The van der Waals surface area contributed by atoms with Crippen molar-refractivity contribution in [1.29, 1.82) is 0 Å². The lowest BCUT2D eigenvalue weighted by atomic mass is 10.0. The van der Waals surface area contributed by atoms with Crippen LogP contribution in [0.25, 0.3) is 0 Å². The molecule has 0 heterocycles. The van der Waals surface area contributed by atoms with E-state index >= 15 is 0 Å². The Morgan fingerprint density at radius 3 is 1.30 bits per heavy atom. The van der Waals surface area contributed by atoms with Crippen LogP contribution in [0.15, 0.2) is 54.6 Å². The van der Waals surface area contributed by atoms with E-state index in [0.29, 0.717) is 16.4 Å². The average molecular weight is 435 g/mol. The first-order valence-electron chi connectivity index (χ1n) is 9.98. The number of aryl methyl sites for hydroxylation is 6. The summed E-state index contributed by atoms with van der Waals surface area (Å²) in [5.41, 5.74) is 6.39. The normalized spacial score (nSPS) is 11.4. The maximum atomic E-state index is 14.0. The molecule has 3 aromatic rings. The molecule has 2 nitrogen and oxygen atoms in total. The van der Waals surface area contributed by atoms with Crippen molar-refractivity contribution in [1.82, 2.24) is 0 Å². The highest BCUT2D eigenvalue weighted by Gasteiger charge is 2.40. The number of rotatable bonds is 5. The van der Waals surface area contributed by atoms with E-state index in [1.807, 2.05) is 96.1 Å². The lowest BCUT2D eigenvalue weighted by Gasteiger charge is -2.24. The monoisotopic (exact) mass is 434 g/mol. The molecule has 4 heteroatoms. The third kappa shape index (κ3) is 3.85. The quantitative estimate of drug-likeness (QED) is 0.441. The zero-order valence-corrected chi connectivity index (χ0v) is 20.1. The molecule has 0 saturated carbocycles. The molecular formula is C26H27O2PS. The molecule has 0 spiro atoms. The highest BCUT2D eigenvalue weighted by atomic mass is 32.4. The first-order valence-corrected chi connectivity index (χ1v) is 12.8. The smallest absolute Gasteiger partial charge is 0.206 e.